The molecule has 0 saturated carbocycles. The third-order valence-corrected chi connectivity index (χ3v) is 2.76. The number of hydrogen-bond donors (Lipinski definition) is 1. The van der Waals surface area contributed by atoms with E-state index < -0.39 is 0 Å². The first-order valence-electron chi connectivity index (χ1n) is 4.56. The van der Waals surface area contributed by atoms with Gasteiger partial charge in [-0.15, -0.1) is 0 Å². The molecule has 0 bridgehead atoms. The molecule has 14 heavy (non-hydrogen) atoms. The molecule has 0 aromatic carbocycles. The van der Waals surface area contributed by atoms with Gasteiger partial charge in [0.25, 0.3) is 0 Å². The van der Waals surface area contributed by atoms with Gasteiger partial charge in [0.2, 0.25) is 0 Å². The highest BCUT2D eigenvalue weighted by Gasteiger charge is 2.07. The van der Waals surface area contributed by atoms with E-state index in [1.54, 1.807) is 11.3 Å². The number of hydrogen-bond acceptors (Lipinski definition) is 4. The van der Waals surface area contributed by atoms with Gasteiger partial charge < -0.3 is 10.5 Å². The molecule has 0 amide bonds. The average Bonchev–Trinajstić information content (AvgIpc) is 2.66. The summed E-state index contributed by atoms with van der Waals surface area (Å²) < 4.78 is 4.54. The number of methoxy groups -OCH3 is 1. The van der Waals surface area contributed by atoms with E-state index in [2.05, 4.69) is 16.2 Å². The van der Waals surface area contributed by atoms with Crippen molar-refractivity contribution >= 4 is 17.3 Å². The SMILES string of the molecule is COC(=O)CCC(N)Cc1ccsc1. The van der Waals surface area contributed by atoms with Crippen LogP contribution in [0.2, 0.25) is 0 Å². The fourth-order valence-corrected chi connectivity index (χ4v) is 1.90. The van der Waals surface area contributed by atoms with Crippen LogP contribution in [0.5, 0.6) is 0 Å². The van der Waals surface area contributed by atoms with Crippen LogP contribution in [-0.4, -0.2) is 19.1 Å². The third kappa shape index (κ3) is 3.89. The van der Waals surface area contributed by atoms with Gasteiger partial charge in [0.15, 0.2) is 0 Å². The minimum Gasteiger partial charge on any atom is -0.469 e. The molecular formula is C10H15NO2S. The Kier molecular flexibility index (Phi) is 4.62. The lowest BCUT2D eigenvalue weighted by atomic mass is 10.1. The second kappa shape index (κ2) is 5.78. The summed E-state index contributed by atoms with van der Waals surface area (Å²) in [4.78, 5) is 10.8. The fraction of sp³-hybridized carbons (Fsp3) is 0.500. The fourth-order valence-electron chi connectivity index (χ4n) is 1.22. The molecule has 1 rings (SSSR count). The van der Waals surface area contributed by atoms with E-state index in [0.29, 0.717) is 12.8 Å². The van der Waals surface area contributed by atoms with Crippen molar-refractivity contribution in [2.45, 2.75) is 25.3 Å². The predicted molar refractivity (Wildman–Crippen MR) is 57.2 cm³/mol. The van der Waals surface area contributed by atoms with Crippen LogP contribution in [0.25, 0.3) is 0 Å². The summed E-state index contributed by atoms with van der Waals surface area (Å²) in [5.41, 5.74) is 7.11. The van der Waals surface area contributed by atoms with Crippen molar-refractivity contribution in [1.82, 2.24) is 0 Å². The number of carbonyl (C=O) groups is 1. The molecule has 1 aromatic rings. The van der Waals surface area contributed by atoms with Gasteiger partial charge in [-0.25, -0.2) is 0 Å². The van der Waals surface area contributed by atoms with Gasteiger partial charge in [-0.05, 0) is 35.2 Å². The molecule has 0 spiro atoms. The lowest BCUT2D eigenvalue weighted by Gasteiger charge is -2.08. The van der Waals surface area contributed by atoms with Crippen molar-refractivity contribution in [3.05, 3.63) is 22.4 Å². The van der Waals surface area contributed by atoms with Crippen LogP contribution >= 0.6 is 11.3 Å². The van der Waals surface area contributed by atoms with Gasteiger partial charge in [0.1, 0.15) is 0 Å². The third-order valence-electron chi connectivity index (χ3n) is 2.02. The molecule has 0 aliphatic rings. The molecule has 0 saturated heterocycles. The number of esters is 1. The van der Waals surface area contributed by atoms with Crippen molar-refractivity contribution in [2.75, 3.05) is 7.11 Å². The smallest absolute Gasteiger partial charge is 0.305 e. The van der Waals surface area contributed by atoms with E-state index in [9.17, 15) is 4.79 Å². The van der Waals surface area contributed by atoms with E-state index in [0.717, 1.165) is 6.42 Å². The van der Waals surface area contributed by atoms with Gasteiger partial charge >= 0.3 is 5.97 Å². The highest BCUT2D eigenvalue weighted by molar-refractivity contribution is 7.07. The standard InChI is InChI=1S/C10H15NO2S/c1-13-10(12)3-2-9(11)6-8-4-5-14-7-8/h4-5,7,9H,2-3,6,11H2,1H3. The molecule has 1 aromatic heterocycles. The average molecular weight is 213 g/mol. The van der Waals surface area contributed by atoms with Crippen molar-refractivity contribution in [3.63, 3.8) is 0 Å². The van der Waals surface area contributed by atoms with Crippen molar-refractivity contribution in [3.8, 4) is 0 Å². The highest BCUT2D eigenvalue weighted by atomic mass is 32.1. The zero-order valence-corrected chi connectivity index (χ0v) is 9.05. The summed E-state index contributed by atoms with van der Waals surface area (Å²) in [6, 6.07) is 2.10. The molecule has 3 nitrogen and oxygen atoms in total. The Labute approximate surface area is 87.9 Å². The quantitative estimate of drug-likeness (QED) is 0.755. The molecule has 0 radical (unpaired) electrons. The lowest BCUT2D eigenvalue weighted by Crippen LogP contribution is -2.23. The maximum Gasteiger partial charge on any atom is 0.305 e. The van der Waals surface area contributed by atoms with Crippen LogP contribution in [0.4, 0.5) is 0 Å². The molecule has 4 heteroatoms. The van der Waals surface area contributed by atoms with Gasteiger partial charge in [0.05, 0.1) is 7.11 Å². The van der Waals surface area contributed by atoms with E-state index in [1.165, 1.54) is 12.7 Å². The maximum absolute atomic E-state index is 10.8. The second-order valence-electron chi connectivity index (χ2n) is 3.21. The largest absolute Gasteiger partial charge is 0.469 e. The molecule has 1 heterocycles. The van der Waals surface area contributed by atoms with Crippen LogP contribution in [0.1, 0.15) is 18.4 Å². The summed E-state index contributed by atoms with van der Waals surface area (Å²) >= 11 is 1.66. The Morgan fingerprint density at radius 2 is 2.50 bits per heavy atom. The van der Waals surface area contributed by atoms with Gasteiger partial charge in [-0.2, -0.15) is 11.3 Å². The first-order valence-corrected chi connectivity index (χ1v) is 5.50. The summed E-state index contributed by atoms with van der Waals surface area (Å²) in [6.07, 6.45) is 1.92. The number of ether oxygens (including phenoxy) is 1. The number of rotatable bonds is 5. The number of carbonyl (C=O) groups excluding carboxylic acids is 1. The Hall–Kier alpha value is -0.870. The molecule has 1 unspecified atom stereocenters. The highest BCUT2D eigenvalue weighted by Crippen LogP contribution is 2.10. The number of thiophene rings is 1. The molecule has 0 aliphatic heterocycles. The molecule has 1 atom stereocenters. The van der Waals surface area contributed by atoms with Gasteiger partial charge in [-0.1, -0.05) is 0 Å². The van der Waals surface area contributed by atoms with Crippen molar-refractivity contribution in [2.24, 2.45) is 5.73 Å². The van der Waals surface area contributed by atoms with Gasteiger partial charge in [-0.3, -0.25) is 4.79 Å². The van der Waals surface area contributed by atoms with Crippen LogP contribution in [0, 0.1) is 0 Å². The summed E-state index contributed by atoms with van der Waals surface area (Å²) in [6.45, 7) is 0. The molecular weight excluding hydrogens is 198 g/mol. The van der Waals surface area contributed by atoms with E-state index in [4.69, 9.17) is 5.73 Å². The van der Waals surface area contributed by atoms with Crippen molar-refractivity contribution < 1.29 is 9.53 Å². The summed E-state index contributed by atoms with van der Waals surface area (Å²) in [5, 5.41) is 4.11. The minimum absolute atomic E-state index is 0.0451. The monoisotopic (exact) mass is 213 g/mol. The topological polar surface area (TPSA) is 52.3 Å². The maximum atomic E-state index is 10.8. The van der Waals surface area contributed by atoms with E-state index in [-0.39, 0.29) is 12.0 Å². The lowest BCUT2D eigenvalue weighted by molar-refractivity contribution is -0.140. The normalized spacial score (nSPS) is 12.4. The first kappa shape index (κ1) is 11.2. The zero-order valence-electron chi connectivity index (χ0n) is 8.23. The van der Waals surface area contributed by atoms with Crippen LogP contribution < -0.4 is 5.73 Å². The molecule has 0 aliphatic carbocycles. The molecule has 2 N–H and O–H groups in total. The molecule has 0 fully saturated rings. The van der Waals surface area contributed by atoms with Gasteiger partial charge in [0, 0.05) is 12.5 Å². The number of nitrogens with two attached hydrogens (primary N) is 1. The Bertz CT molecular complexity index is 272. The van der Waals surface area contributed by atoms with E-state index in [1.807, 2.05) is 5.38 Å². The van der Waals surface area contributed by atoms with Crippen LogP contribution in [0.15, 0.2) is 16.8 Å². The summed E-state index contributed by atoms with van der Waals surface area (Å²) in [7, 11) is 1.40. The van der Waals surface area contributed by atoms with Crippen LogP contribution in [-0.2, 0) is 16.0 Å². The zero-order chi connectivity index (χ0) is 10.4. The Balaban J connectivity index is 2.22. The predicted octanol–water partition coefficient (Wildman–Crippen LogP) is 1.57. The Morgan fingerprint density at radius 1 is 1.71 bits per heavy atom. The van der Waals surface area contributed by atoms with Crippen molar-refractivity contribution in [1.29, 1.82) is 0 Å². The Morgan fingerprint density at radius 3 is 3.07 bits per heavy atom. The minimum atomic E-state index is -0.189. The summed E-state index contributed by atoms with van der Waals surface area (Å²) in [5.74, 6) is -0.189. The first-order chi connectivity index (χ1) is 6.72. The second-order valence-corrected chi connectivity index (χ2v) is 3.99. The van der Waals surface area contributed by atoms with Crippen LogP contribution in [0.3, 0.4) is 0 Å². The molecule has 78 valence electrons. The van der Waals surface area contributed by atoms with E-state index >= 15 is 0 Å².